The summed E-state index contributed by atoms with van der Waals surface area (Å²) in [5.74, 6) is -0.563. The van der Waals surface area contributed by atoms with E-state index in [0.29, 0.717) is 11.3 Å². The second-order valence-electron chi connectivity index (χ2n) is 6.52. The summed E-state index contributed by atoms with van der Waals surface area (Å²) in [7, 11) is 0. The molecular weight excluding hydrogens is 333 g/mol. The summed E-state index contributed by atoms with van der Waals surface area (Å²) in [6.07, 6.45) is 2.84. The molecule has 1 unspecified atom stereocenters. The lowest BCUT2D eigenvalue weighted by molar-refractivity contribution is -0.110. The van der Waals surface area contributed by atoms with Crippen LogP contribution in [0.1, 0.15) is 28.8 Å². The number of anilines is 1. The maximum Gasteiger partial charge on any atom is 0.255 e. The quantitative estimate of drug-likeness (QED) is 0.784. The van der Waals surface area contributed by atoms with Crippen LogP contribution in [0.4, 0.5) is 10.1 Å². The van der Waals surface area contributed by atoms with Crippen molar-refractivity contribution in [1.29, 1.82) is 0 Å². The SMILES string of the molecule is O=CNC1CCCN(Cc2ccc(C(=O)Nc3ccc(F)cc3)cc2)C1. The Balaban J connectivity index is 1.56. The van der Waals surface area contributed by atoms with Gasteiger partial charge in [-0.2, -0.15) is 0 Å². The van der Waals surface area contributed by atoms with E-state index in [1.807, 2.05) is 12.1 Å². The van der Waals surface area contributed by atoms with E-state index in [0.717, 1.165) is 44.4 Å². The molecule has 1 atom stereocenters. The average molecular weight is 355 g/mol. The van der Waals surface area contributed by atoms with Crippen LogP contribution in [0, 0.1) is 5.82 Å². The summed E-state index contributed by atoms with van der Waals surface area (Å²) in [6.45, 7) is 2.63. The fourth-order valence-electron chi connectivity index (χ4n) is 3.19. The Bertz CT molecular complexity index is 747. The van der Waals surface area contributed by atoms with Gasteiger partial charge in [-0.15, -0.1) is 0 Å². The number of rotatable bonds is 6. The van der Waals surface area contributed by atoms with Gasteiger partial charge in [0.25, 0.3) is 5.91 Å². The predicted molar refractivity (Wildman–Crippen MR) is 98.3 cm³/mol. The summed E-state index contributed by atoms with van der Waals surface area (Å²) >= 11 is 0. The first-order valence-electron chi connectivity index (χ1n) is 8.72. The minimum absolute atomic E-state index is 0.210. The number of nitrogens with one attached hydrogen (secondary N) is 2. The van der Waals surface area contributed by atoms with Gasteiger partial charge < -0.3 is 10.6 Å². The second-order valence-corrected chi connectivity index (χ2v) is 6.52. The van der Waals surface area contributed by atoms with Crippen molar-refractivity contribution in [3.05, 3.63) is 65.5 Å². The number of piperidine rings is 1. The molecule has 136 valence electrons. The Labute approximate surface area is 152 Å². The van der Waals surface area contributed by atoms with Crippen LogP contribution < -0.4 is 10.6 Å². The lowest BCUT2D eigenvalue weighted by Gasteiger charge is -2.32. The fraction of sp³-hybridized carbons (Fsp3) is 0.300. The number of hydrogen-bond donors (Lipinski definition) is 2. The van der Waals surface area contributed by atoms with E-state index in [1.54, 1.807) is 12.1 Å². The first-order valence-corrected chi connectivity index (χ1v) is 8.72. The zero-order valence-electron chi connectivity index (χ0n) is 14.5. The van der Waals surface area contributed by atoms with Gasteiger partial charge in [-0.1, -0.05) is 12.1 Å². The maximum atomic E-state index is 12.9. The molecule has 1 aliphatic rings. The molecule has 2 N–H and O–H groups in total. The Morgan fingerprint density at radius 3 is 2.58 bits per heavy atom. The van der Waals surface area contributed by atoms with Gasteiger partial charge in [0.2, 0.25) is 6.41 Å². The van der Waals surface area contributed by atoms with Crippen molar-refractivity contribution in [2.75, 3.05) is 18.4 Å². The summed E-state index contributed by atoms with van der Waals surface area (Å²) in [5, 5.41) is 5.60. The highest BCUT2D eigenvalue weighted by Gasteiger charge is 2.19. The molecule has 0 spiro atoms. The van der Waals surface area contributed by atoms with Crippen LogP contribution in [-0.2, 0) is 11.3 Å². The van der Waals surface area contributed by atoms with Crippen molar-refractivity contribution in [3.63, 3.8) is 0 Å². The summed E-state index contributed by atoms with van der Waals surface area (Å²) < 4.78 is 12.9. The summed E-state index contributed by atoms with van der Waals surface area (Å²) in [5.41, 5.74) is 2.23. The minimum Gasteiger partial charge on any atom is -0.355 e. The monoisotopic (exact) mass is 355 g/mol. The van der Waals surface area contributed by atoms with Crippen molar-refractivity contribution in [2.45, 2.75) is 25.4 Å². The van der Waals surface area contributed by atoms with E-state index in [2.05, 4.69) is 15.5 Å². The van der Waals surface area contributed by atoms with Crippen LogP contribution >= 0.6 is 0 Å². The van der Waals surface area contributed by atoms with Crippen molar-refractivity contribution >= 4 is 18.0 Å². The molecule has 0 saturated carbocycles. The van der Waals surface area contributed by atoms with Crippen molar-refractivity contribution in [2.24, 2.45) is 0 Å². The van der Waals surface area contributed by atoms with Gasteiger partial charge in [0, 0.05) is 30.4 Å². The van der Waals surface area contributed by atoms with Crippen LogP contribution in [0.3, 0.4) is 0 Å². The van der Waals surface area contributed by atoms with E-state index in [-0.39, 0.29) is 17.8 Å². The smallest absolute Gasteiger partial charge is 0.255 e. The Morgan fingerprint density at radius 1 is 1.15 bits per heavy atom. The van der Waals surface area contributed by atoms with Crippen molar-refractivity contribution in [1.82, 2.24) is 10.2 Å². The van der Waals surface area contributed by atoms with Gasteiger partial charge in [-0.3, -0.25) is 14.5 Å². The number of benzene rings is 2. The van der Waals surface area contributed by atoms with Crippen molar-refractivity contribution < 1.29 is 14.0 Å². The highest BCUT2D eigenvalue weighted by molar-refractivity contribution is 6.04. The number of carbonyl (C=O) groups is 2. The first-order chi connectivity index (χ1) is 12.6. The van der Waals surface area contributed by atoms with E-state index < -0.39 is 0 Å². The second kappa shape index (κ2) is 8.58. The molecule has 26 heavy (non-hydrogen) atoms. The van der Waals surface area contributed by atoms with E-state index in [1.165, 1.54) is 24.3 Å². The lowest BCUT2D eigenvalue weighted by Crippen LogP contribution is -2.44. The third-order valence-electron chi connectivity index (χ3n) is 4.53. The van der Waals surface area contributed by atoms with Crippen LogP contribution in [-0.4, -0.2) is 36.3 Å². The number of carbonyl (C=O) groups excluding carboxylic acids is 2. The van der Waals surface area contributed by atoms with Crippen LogP contribution in [0.2, 0.25) is 0 Å². The number of likely N-dealkylation sites (tertiary alicyclic amines) is 1. The zero-order chi connectivity index (χ0) is 18.4. The van der Waals surface area contributed by atoms with Crippen molar-refractivity contribution in [3.8, 4) is 0 Å². The predicted octanol–water partition coefficient (Wildman–Crippen LogP) is 2.79. The molecule has 2 amide bonds. The lowest BCUT2D eigenvalue weighted by atomic mass is 10.0. The van der Waals surface area contributed by atoms with Gasteiger partial charge >= 0.3 is 0 Å². The summed E-state index contributed by atoms with van der Waals surface area (Å²) in [4.78, 5) is 25.2. The molecule has 1 aliphatic heterocycles. The minimum atomic E-state index is -0.337. The Morgan fingerprint density at radius 2 is 1.88 bits per heavy atom. The first kappa shape index (κ1) is 18.1. The topological polar surface area (TPSA) is 61.4 Å². The Kier molecular flexibility index (Phi) is 5.96. The normalized spacial score (nSPS) is 17.5. The highest BCUT2D eigenvalue weighted by Crippen LogP contribution is 2.15. The van der Waals surface area contributed by atoms with Crippen LogP contribution in [0.15, 0.2) is 48.5 Å². The molecule has 0 aromatic heterocycles. The third kappa shape index (κ3) is 4.89. The molecular formula is C20H22FN3O2. The fourth-order valence-corrected chi connectivity index (χ4v) is 3.19. The largest absolute Gasteiger partial charge is 0.355 e. The number of amides is 2. The Hall–Kier alpha value is -2.73. The van der Waals surface area contributed by atoms with Gasteiger partial charge in [0.05, 0.1) is 0 Å². The van der Waals surface area contributed by atoms with Gasteiger partial charge in [-0.05, 0) is 61.3 Å². The van der Waals surface area contributed by atoms with E-state index in [4.69, 9.17) is 0 Å². The van der Waals surface area contributed by atoms with E-state index >= 15 is 0 Å². The van der Waals surface area contributed by atoms with E-state index in [9.17, 15) is 14.0 Å². The molecule has 1 saturated heterocycles. The molecule has 2 aromatic carbocycles. The molecule has 3 rings (SSSR count). The zero-order valence-corrected chi connectivity index (χ0v) is 14.5. The summed E-state index contributed by atoms with van der Waals surface area (Å²) in [6, 6.07) is 13.4. The standard InChI is InChI=1S/C20H22FN3O2/c21-17-7-9-18(10-8-17)23-20(26)16-5-3-15(4-6-16)12-24-11-1-2-19(13-24)22-14-25/h3-10,14,19H,1-2,11-13H2,(H,22,25)(H,23,26). The molecule has 6 heteroatoms. The highest BCUT2D eigenvalue weighted by atomic mass is 19.1. The molecule has 0 aliphatic carbocycles. The van der Waals surface area contributed by atoms with Crippen LogP contribution in [0.25, 0.3) is 0 Å². The van der Waals surface area contributed by atoms with Crippen LogP contribution in [0.5, 0.6) is 0 Å². The molecule has 1 heterocycles. The molecule has 2 aromatic rings. The third-order valence-corrected chi connectivity index (χ3v) is 4.53. The number of nitrogens with zero attached hydrogens (tertiary/aromatic N) is 1. The van der Waals surface area contributed by atoms with Gasteiger partial charge in [-0.25, -0.2) is 4.39 Å². The van der Waals surface area contributed by atoms with Gasteiger partial charge in [0.1, 0.15) is 5.82 Å². The number of hydrogen-bond acceptors (Lipinski definition) is 3. The molecule has 1 fully saturated rings. The number of halogens is 1. The molecule has 0 bridgehead atoms. The average Bonchev–Trinajstić information content (AvgIpc) is 2.65. The van der Waals surface area contributed by atoms with Gasteiger partial charge in [0.15, 0.2) is 0 Å². The maximum absolute atomic E-state index is 12.9. The molecule has 5 nitrogen and oxygen atoms in total. The molecule has 0 radical (unpaired) electrons.